The zero-order valence-electron chi connectivity index (χ0n) is 10.6. The van der Waals surface area contributed by atoms with Crippen LogP contribution in [-0.4, -0.2) is 15.5 Å². The van der Waals surface area contributed by atoms with Crippen LogP contribution in [0.25, 0.3) is 0 Å². The van der Waals surface area contributed by atoms with E-state index in [1.807, 2.05) is 0 Å². The van der Waals surface area contributed by atoms with E-state index < -0.39 is 10.0 Å². The van der Waals surface area contributed by atoms with Crippen molar-refractivity contribution in [3.05, 3.63) is 39.5 Å². The minimum Gasteiger partial charge on any atom is -0.495 e. The average Bonchev–Trinajstić information content (AvgIpc) is 2.88. The van der Waals surface area contributed by atoms with Crippen LogP contribution in [0.3, 0.4) is 0 Å². The molecule has 0 radical (unpaired) electrons. The Bertz CT molecular complexity index is 713. The summed E-state index contributed by atoms with van der Waals surface area (Å²) in [7, 11) is -2.23. The molecule has 0 fully saturated rings. The minimum absolute atomic E-state index is 0.171. The van der Waals surface area contributed by atoms with Gasteiger partial charge in [0, 0.05) is 21.8 Å². The fourth-order valence-corrected chi connectivity index (χ4v) is 3.96. The summed E-state index contributed by atoms with van der Waals surface area (Å²) in [6.45, 7) is 0.306. The van der Waals surface area contributed by atoms with Gasteiger partial charge in [0.25, 0.3) is 10.0 Å². The van der Waals surface area contributed by atoms with E-state index in [1.165, 1.54) is 24.5 Å². The Morgan fingerprint density at radius 3 is 2.75 bits per heavy atom. The molecule has 0 aliphatic heterocycles. The molecule has 8 heteroatoms. The summed E-state index contributed by atoms with van der Waals surface area (Å²) in [6.07, 6.45) is 0. The highest BCUT2D eigenvalue weighted by Crippen LogP contribution is 2.30. The Hall–Kier alpha value is -1.28. The van der Waals surface area contributed by atoms with E-state index >= 15 is 0 Å². The van der Waals surface area contributed by atoms with Crippen molar-refractivity contribution in [2.24, 2.45) is 5.73 Å². The second-order valence-electron chi connectivity index (χ2n) is 3.90. The van der Waals surface area contributed by atoms with E-state index in [4.69, 9.17) is 22.1 Å². The zero-order chi connectivity index (χ0) is 14.8. The Morgan fingerprint density at radius 2 is 2.15 bits per heavy atom. The second kappa shape index (κ2) is 6.01. The standard InChI is InChI=1S/C12H13ClN2O3S2/c1-18-12-3-2-8(13)4-11(12)15-20(16,17)10-5-9(6-14)19-7-10/h2-5,7,15H,6,14H2,1H3. The lowest BCUT2D eigenvalue weighted by atomic mass is 10.3. The zero-order valence-corrected chi connectivity index (χ0v) is 13.0. The van der Waals surface area contributed by atoms with Crippen molar-refractivity contribution in [3.8, 4) is 5.75 Å². The van der Waals surface area contributed by atoms with Gasteiger partial charge in [-0.25, -0.2) is 8.42 Å². The first-order chi connectivity index (χ1) is 9.46. The highest BCUT2D eigenvalue weighted by Gasteiger charge is 2.18. The number of anilines is 1. The van der Waals surface area contributed by atoms with E-state index in [1.54, 1.807) is 23.6 Å². The van der Waals surface area contributed by atoms with E-state index in [-0.39, 0.29) is 4.90 Å². The molecule has 0 spiro atoms. The highest BCUT2D eigenvalue weighted by molar-refractivity contribution is 7.92. The Morgan fingerprint density at radius 1 is 1.40 bits per heavy atom. The molecule has 2 rings (SSSR count). The number of sulfonamides is 1. The molecule has 0 atom stereocenters. The van der Waals surface area contributed by atoms with Crippen LogP contribution < -0.4 is 15.2 Å². The van der Waals surface area contributed by atoms with Gasteiger partial charge >= 0.3 is 0 Å². The van der Waals surface area contributed by atoms with Gasteiger partial charge in [0.1, 0.15) is 5.75 Å². The van der Waals surface area contributed by atoms with Gasteiger partial charge in [0.15, 0.2) is 0 Å². The summed E-state index contributed by atoms with van der Waals surface area (Å²) in [4.78, 5) is 0.966. The molecule has 1 aromatic heterocycles. The monoisotopic (exact) mass is 332 g/mol. The van der Waals surface area contributed by atoms with Crippen LogP contribution in [0.5, 0.6) is 5.75 Å². The number of rotatable bonds is 5. The molecule has 1 aromatic carbocycles. The molecular formula is C12H13ClN2O3S2. The third kappa shape index (κ3) is 3.24. The molecule has 1 heterocycles. The van der Waals surface area contributed by atoms with Crippen LogP contribution in [0.15, 0.2) is 34.5 Å². The Kier molecular flexibility index (Phi) is 4.54. The van der Waals surface area contributed by atoms with Crippen molar-refractivity contribution >= 4 is 38.6 Å². The maximum Gasteiger partial charge on any atom is 0.262 e. The number of hydrogen-bond acceptors (Lipinski definition) is 5. The summed E-state index contributed by atoms with van der Waals surface area (Å²) >= 11 is 7.17. The van der Waals surface area contributed by atoms with E-state index in [2.05, 4.69) is 4.72 Å². The van der Waals surface area contributed by atoms with Gasteiger partial charge in [-0.2, -0.15) is 0 Å². The third-order valence-electron chi connectivity index (χ3n) is 2.55. The number of thiophene rings is 1. The number of halogens is 1. The summed E-state index contributed by atoms with van der Waals surface area (Å²) in [5.41, 5.74) is 5.77. The number of hydrogen-bond donors (Lipinski definition) is 2. The lowest BCUT2D eigenvalue weighted by molar-refractivity contribution is 0.417. The molecule has 20 heavy (non-hydrogen) atoms. The topological polar surface area (TPSA) is 81.4 Å². The number of benzene rings is 1. The quantitative estimate of drug-likeness (QED) is 0.882. The van der Waals surface area contributed by atoms with Gasteiger partial charge in [0.05, 0.1) is 17.7 Å². The fourth-order valence-electron chi connectivity index (χ4n) is 1.57. The first kappa shape index (κ1) is 15.1. The van der Waals surface area contributed by atoms with Gasteiger partial charge in [-0.15, -0.1) is 11.3 Å². The smallest absolute Gasteiger partial charge is 0.262 e. The van der Waals surface area contributed by atoms with Crippen LogP contribution in [0.2, 0.25) is 5.02 Å². The van der Waals surface area contributed by atoms with Crippen LogP contribution in [0, 0.1) is 0 Å². The van der Waals surface area contributed by atoms with Crippen LogP contribution in [0.4, 0.5) is 5.69 Å². The van der Waals surface area contributed by atoms with Gasteiger partial charge < -0.3 is 10.5 Å². The summed E-state index contributed by atoms with van der Waals surface area (Å²) in [5, 5.41) is 1.96. The predicted molar refractivity (Wildman–Crippen MR) is 81.0 cm³/mol. The van der Waals surface area contributed by atoms with Crippen molar-refractivity contribution in [1.82, 2.24) is 0 Å². The molecule has 0 bridgehead atoms. The molecule has 0 unspecified atom stereocenters. The van der Waals surface area contributed by atoms with Crippen molar-refractivity contribution in [2.75, 3.05) is 11.8 Å². The molecular weight excluding hydrogens is 320 g/mol. The Balaban J connectivity index is 2.35. The summed E-state index contributed by atoms with van der Waals surface area (Å²) in [6, 6.07) is 6.26. The number of ether oxygens (including phenoxy) is 1. The lowest BCUT2D eigenvalue weighted by Crippen LogP contribution is -2.13. The van der Waals surface area contributed by atoms with E-state index in [0.29, 0.717) is 23.0 Å². The number of methoxy groups -OCH3 is 1. The lowest BCUT2D eigenvalue weighted by Gasteiger charge is -2.11. The van der Waals surface area contributed by atoms with Gasteiger partial charge in [0.2, 0.25) is 0 Å². The third-order valence-corrected chi connectivity index (χ3v) is 5.24. The summed E-state index contributed by atoms with van der Waals surface area (Å²) < 4.78 is 32.1. The molecule has 0 saturated carbocycles. The maximum absolute atomic E-state index is 12.3. The van der Waals surface area contributed by atoms with Crippen molar-refractivity contribution in [3.63, 3.8) is 0 Å². The summed E-state index contributed by atoms with van der Waals surface area (Å²) in [5.74, 6) is 0.396. The van der Waals surface area contributed by atoms with Gasteiger partial charge in [-0.1, -0.05) is 11.6 Å². The number of nitrogens with two attached hydrogens (primary N) is 1. The highest BCUT2D eigenvalue weighted by atomic mass is 35.5. The molecule has 0 saturated heterocycles. The number of nitrogens with one attached hydrogen (secondary N) is 1. The normalized spacial score (nSPS) is 11.3. The first-order valence-corrected chi connectivity index (χ1v) is 8.34. The molecule has 0 amide bonds. The van der Waals surface area contributed by atoms with E-state index in [0.717, 1.165) is 4.88 Å². The van der Waals surface area contributed by atoms with E-state index in [9.17, 15) is 8.42 Å². The van der Waals surface area contributed by atoms with Crippen molar-refractivity contribution in [2.45, 2.75) is 11.4 Å². The molecule has 3 N–H and O–H groups in total. The maximum atomic E-state index is 12.3. The van der Waals surface area contributed by atoms with Crippen LogP contribution in [0.1, 0.15) is 4.88 Å². The molecule has 5 nitrogen and oxygen atoms in total. The van der Waals surface area contributed by atoms with Gasteiger partial charge in [-0.3, -0.25) is 4.72 Å². The largest absolute Gasteiger partial charge is 0.495 e. The SMILES string of the molecule is COc1ccc(Cl)cc1NS(=O)(=O)c1csc(CN)c1. The fraction of sp³-hybridized carbons (Fsp3) is 0.167. The van der Waals surface area contributed by atoms with Gasteiger partial charge in [-0.05, 0) is 24.3 Å². The first-order valence-electron chi connectivity index (χ1n) is 5.60. The van der Waals surface area contributed by atoms with Crippen LogP contribution in [-0.2, 0) is 16.6 Å². The molecule has 0 aliphatic rings. The minimum atomic E-state index is -3.69. The van der Waals surface area contributed by atoms with Crippen molar-refractivity contribution < 1.29 is 13.2 Å². The molecule has 108 valence electrons. The predicted octanol–water partition coefficient (Wildman–Crippen LogP) is 2.67. The Labute approximate surface area is 126 Å². The molecule has 0 aliphatic carbocycles. The van der Waals surface area contributed by atoms with Crippen LogP contribution >= 0.6 is 22.9 Å². The average molecular weight is 333 g/mol. The second-order valence-corrected chi connectivity index (χ2v) is 7.02. The van der Waals surface area contributed by atoms with Crippen molar-refractivity contribution in [1.29, 1.82) is 0 Å². The molecule has 2 aromatic rings.